The fourth-order valence-corrected chi connectivity index (χ4v) is 2.38. The second-order valence-electron chi connectivity index (χ2n) is 4.38. The summed E-state index contributed by atoms with van der Waals surface area (Å²) in [5.74, 6) is 0.0669. The summed E-state index contributed by atoms with van der Waals surface area (Å²) >= 11 is 9.29. The number of aromatic nitrogens is 1. The fourth-order valence-electron chi connectivity index (χ4n) is 1.77. The van der Waals surface area contributed by atoms with Crippen LogP contribution in [0.5, 0.6) is 0 Å². The number of halogens is 2. The number of nitrogens with zero attached hydrogens (tertiary/aromatic N) is 2. The molecule has 104 valence electrons. The zero-order valence-electron chi connectivity index (χ0n) is 10.8. The van der Waals surface area contributed by atoms with Gasteiger partial charge in [0, 0.05) is 24.3 Å². The van der Waals surface area contributed by atoms with Gasteiger partial charge in [-0.15, -0.1) is 0 Å². The molecule has 0 saturated carbocycles. The number of nitrogen functional groups attached to an aromatic ring is 1. The summed E-state index contributed by atoms with van der Waals surface area (Å²) in [6.07, 6.45) is 1.43. The van der Waals surface area contributed by atoms with Gasteiger partial charge in [-0.1, -0.05) is 39.7 Å². The van der Waals surface area contributed by atoms with Crippen molar-refractivity contribution in [2.24, 2.45) is 0 Å². The average Bonchev–Trinajstić information content (AvgIpc) is 2.41. The molecule has 0 bridgehead atoms. The molecule has 0 spiro atoms. The number of rotatable bonds is 3. The van der Waals surface area contributed by atoms with Crippen molar-refractivity contribution in [2.45, 2.75) is 6.54 Å². The lowest BCUT2D eigenvalue weighted by Gasteiger charge is -2.17. The minimum absolute atomic E-state index is 0.153. The maximum absolute atomic E-state index is 12.3. The van der Waals surface area contributed by atoms with Gasteiger partial charge in [-0.3, -0.25) is 4.79 Å². The Hall–Kier alpha value is -1.59. The molecular weight excluding hydrogens is 342 g/mol. The van der Waals surface area contributed by atoms with Gasteiger partial charge >= 0.3 is 0 Å². The summed E-state index contributed by atoms with van der Waals surface area (Å²) < 4.78 is 0.980. The number of carbonyl (C=O) groups is 1. The van der Waals surface area contributed by atoms with E-state index in [2.05, 4.69) is 20.9 Å². The van der Waals surface area contributed by atoms with Crippen LogP contribution in [-0.2, 0) is 6.54 Å². The third kappa shape index (κ3) is 3.49. The van der Waals surface area contributed by atoms with Crippen LogP contribution in [0, 0.1) is 0 Å². The van der Waals surface area contributed by atoms with Crippen molar-refractivity contribution in [3.63, 3.8) is 0 Å². The maximum Gasteiger partial charge on any atom is 0.255 e. The Balaban J connectivity index is 2.14. The van der Waals surface area contributed by atoms with Crippen molar-refractivity contribution < 1.29 is 4.79 Å². The third-order valence-electron chi connectivity index (χ3n) is 2.77. The van der Waals surface area contributed by atoms with Crippen LogP contribution in [-0.4, -0.2) is 22.8 Å². The molecule has 0 aliphatic carbocycles. The predicted molar refractivity (Wildman–Crippen MR) is 83.6 cm³/mol. The molecule has 1 heterocycles. The van der Waals surface area contributed by atoms with Crippen LogP contribution in [0.4, 0.5) is 5.82 Å². The molecule has 0 atom stereocenters. The molecule has 0 unspecified atom stereocenters. The van der Waals surface area contributed by atoms with Crippen LogP contribution in [0.15, 0.2) is 41.0 Å². The van der Waals surface area contributed by atoms with Gasteiger partial charge in [-0.25, -0.2) is 4.98 Å². The van der Waals surface area contributed by atoms with E-state index in [1.165, 1.54) is 12.3 Å². The minimum Gasteiger partial charge on any atom is -0.382 e. The van der Waals surface area contributed by atoms with Gasteiger partial charge in [0.25, 0.3) is 5.91 Å². The Morgan fingerprint density at radius 1 is 1.45 bits per heavy atom. The molecule has 2 aromatic rings. The van der Waals surface area contributed by atoms with Crippen LogP contribution < -0.4 is 5.73 Å². The SMILES string of the molecule is CN(Cc1cccc(Br)c1)C(=O)c1cnc(N)c(Cl)c1. The number of nitrogens with two attached hydrogens (primary N) is 1. The molecule has 0 aliphatic heterocycles. The van der Waals surface area contributed by atoms with E-state index < -0.39 is 0 Å². The van der Waals surface area contributed by atoms with Gasteiger partial charge in [-0.2, -0.15) is 0 Å². The second-order valence-corrected chi connectivity index (χ2v) is 5.71. The van der Waals surface area contributed by atoms with Crippen LogP contribution >= 0.6 is 27.5 Å². The first-order chi connectivity index (χ1) is 9.47. The van der Waals surface area contributed by atoms with Gasteiger partial charge in [0.1, 0.15) is 5.82 Å². The zero-order valence-corrected chi connectivity index (χ0v) is 13.1. The summed E-state index contributed by atoms with van der Waals surface area (Å²) in [7, 11) is 1.73. The van der Waals surface area contributed by atoms with Crippen molar-refractivity contribution in [1.29, 1.82) is 0 Å². The monoisotopic (exact) mass is 353 g/mol. The number of amides is 1. The predicted octanol–water partition coefficient (Wildman–Crippen LogP) is 3.35. The van der Waals surface area contributed by atoms with Crippen LogP contribution in [0.2, 0.25) is 5.02 Å². The number of anilines is 1. The smallest absolute Gasteiger partial charge is 0.255 e. The number of benzene rings is 1. The van der Waals surface area contributed by atoms with Crippen LogP contribution in [0.1, 0.15) is 15.9 Å². The highest BCUT2D eigenvalue weighted by Crippen LogP contribution is 2.18. The zero-order chi connectivity index (χ0) is 14.7. The van der Waals surface area contributed by atoms with Gasteiger partial charge in [0.05, 0.1) is 10.6 Å². The van der Waals surface area contributed by atoms with Crippen molar-refractivity contribution in [3.8, 4) is 0 Å². The normalized spacial score (nSPS) is 10.3. The van der Waals surface area contributed by atoms with Gasteiger partial charge in [-0.05, 0) is 23.8 Å². The van der Waals surface area contributed by atoms with E-state index >= 15 is 0 Å². The molecule has 0 aliphatic rings. The third-order valence-corrected chi connectivity index (χ3v) is 3.57. The number of hydrogen-bond donors (Lipinski definition) is 1. The Kier molecular flexibility index (Phi) is 4.62. The summed E-state index contributed by atoms with van der Waals surface area (Å²) in [5, 5.41) is 0.284. The lowest BCUT2D eigenvalue weighted by Crippen LogP contribution is -2.26. The highest BCUT2D eigenvalue weighted by atomic mass is 79.9. The van der Waals surface area contributed by atoms with E-state index in [0.717, 1.165) is 10.0 Å². The number of pyridine rings is 1. The standard InChI is InChI=1S/C14H13BrClN3O/c1-19(8-9-3-2-4-11(15)5-9)14(20)10-6-12(16)13(17)18-7-10/h2-7H,8H2,1H3,(H2,17,18). The van der Waals surface area contributed by atoms with Crippen molar-refractivity contribution in [3.05, 3.63) is 57.2 Å². The van der Waals surface area contributed by atoms with Crippen LogP contribution in [0.3, 0.4) is 0 Å². The molecule has 1 amide bonds. The largest absolute Gasteiger partial charge is 0.382 e. The first-order valence-electron chi connectivity index (χ1n) is 5.88. The minimum atomic E-state index is -0.153. The molecule has 1 aromatic carbocycles. The van der Waals surface area contributed by atoms with Gasteiger partial charge in [0.15, 0.2) is 0 Å². The molecule has 2 rings (SSSR count). The van der Waals surface area contributed by atoms with Crippen molar-refractivity contribution in [2.75, 3.05) is 12.8 Å². The lowest BCUT2D eigenvalue weighted by molar-refractivity contribution is 0.0784. The summed E-state index contributed by atoms with van der Waals surface area (Å²) in [6, 6.07) is 9.33. The molecule has 20 heavy (non-hydrogen) atoms. The molecule has 2 N–H and O–H groups in total. The Bertz CT molecular complexity index is 648. The van der Waals surface area contributed by atoms with Gasteiger partial charge < -0.3 is 10.6 Å². The topological polar surface area (TPSA) is 59.2 Å². The molecule has 1 aromatic heterocycles. The summed E-state index contributed by atoms with van der Waals surface area (Å²) in [4.78, 5) is 17.8. The first kappa shape index (κ1) is 14.8. The summed E-state index contributed by atoms with van der Waals surface area (Å²) in [5.41, 5.74) is 6.98. The Labute approximate surface area is 130 Å². The van der Waals surface area contributed by atoms with E-state index in [1.54, 1.807) is 11.9 Å². The molecule has 0 fully saturated rings. The Morgan fingerprint density at radius 3 is 2.85 bits per heavy atom. The fraction of sp³-hybridized carbons (Fsp3) is 0.143. The molecule has 6 heteroatoms. The highest BCUT2D eigenvalue weighted by molar-refractivity contribution is 9.10. The quantitative estimate of drug-likeness (QED) is 0.919. The number of hydrogen-bond acceptors (Lipinski definition) is 3. The van der Waals surface area contributed by atoms with E-state index in [0.29, 0.717) is 12.1 Å². The van der Waals surface area contributed by atoms with E-state index in [1.807, 2.05) is 24.3 Å². The maximum atomic E-state index is 12.3. The number of carbonyl (C=O) groups excluding carboxylic acids is 1. The lowest BCUT2D eigenvalue weighted by atomic mass is 10.2. The highest BCUT2D eigenvalue weighted by Gasteiger charge is 2.14. The molecular formula is C14H13BrClN3O. The van der Waals surface area contributed by atoms with Gasteiger partial charge in [0.2, 0.25) is 0 Å². The average molecular weight is 355 g/mol. The summed E-state index contributed by atoms with van der Waals surface area (Å²) in [6.45, 7) is 0.500. The van der Waals surface area contributed by atoms with E-state index in [-0.39, 0.29) is 16.7 Å². The van der Waals surface area contributed by atoms with Crippen molar-refractivity contribution in [1.82, 2.24) is 9.88 Å². The second kappa shape index (κ2) is 6.24. The van der Waals surface area contributed by atoms with Crippen LogP contribution in [0.25, 0.3) is 0 Å². The molecule has 0 radical (unpaired) electrons. The van der Waals surface area contributed by atoms with E-state index in [9.17, 15) is 4.79 Å². The molecule has 4 nitrogen and oxygen atoms in total. The van der Waals surface area contributed by atoms with Crippen molar-refractivity contribution >= 4 is 39.3 Å². The molecule has 0 saturated heterocycles. The van der Waals surface area contributed by atoms with E-state index in [4.69, 9.17) is 17.3 Å². The Morgan fingerprint density at radius 2 is 2.20 bits per heavy atom. The first-order valence-corrected chi connectivity index (χ1v) is 7.05.